The molecule has 0 aliphatic heterocycles. The predicted molar refractivity (Wildman–Crippen MR) is 68.0 cm³/mol. The molecular weight excluding hydrogens is 216 g/mol. The first kappa shape index (κ1) is 13.8. The maximum absolute atomic E-state index is 12.1. The number of aliphatic hydroxyl groups is 1. The number of nitrogens with one attached hydrogen (secondary N) is 1. The van der Waals surface area contributed by atoms with Crippen LogP contribution in [0.15, 0.2) is 18.3 Å². The average Bonchev–Trinajstić information content (AvgIpc) is 2.84. The summed E-state index contributed by atoms with van der Waals surface area (Å²) >= 11 is 0. The molecule has 4 heteroatoms. The Morgan fingerprint density at radius 2 is 2.06 bits per heavy atom. The van der Waals surface area contributed by atoms with Crippen LogP contribution in [0.25, 0.3) is 0 Å². The molecule has 1 aromatic rings. The van der Waals surface area contributed by atoms with Crippen LogP contribution in [0.4, 0.5) is 0 Å². The molecule has 0 bridgehead atoms. The summed E-state index contributed by atoms with van der Waals surface area (Å²) in [5, 5.41) is 12.4. The summed E-state index contributed by atoms with van der Waals surface area (Å²) in [4.78, 5) is 12.1. The first-order valence-corrected chi connectivity index (χ1v) is 6.21. The van der Waals surface area contributed by atoms with E-state index < -0.39 is 5.54 Å². The van der Waals surface area contributed by atoms with Gasteiger partial charge >= 0.3 is 0 Å². The minimum atomic E-state index is -0.500. The lowest BCUT2D eigenvalue weighted by Crippen LogP contribution is -2.50. The van der Waals surface area contributed by atoms with Gasteiger partial charge in [0.2, 0.25) is 0 Å². The molecule has 2 N–H and O–H groups in total. The fourth-order valence-corrected chi connectivity index (χ4v) is 1.89. The highest BCUT2D eigenvalue weighted by Crippen LogP contribution is 2.15. The number of hydrogen-bond acceptors (Lipinski definition) is 2. The molecule has 0 fully saturated rings. The Hall–Kier alpha value is -1.29. The van der Waals surface area contributed by atoms with Crippen LogP contribution >= 0.6 is 0 Å². The fraction of sp³-hybridized carbons (Fsp3) is 0.615. The SMILES string of the molecule is CCn1cccc1C(=O)NC(CC)(CC)CO. The number of aromatic nitrogens is 1. The van der Waals surface area contributed by atoms with Gasteiger partial charge in [0.25, 0.3) is 5.91 Å². The minimum Gasteiger partial charge on any atom is -0.394 e. The second-order valence-corrected chi connectivity index (χ2v) is 4.28. The molecule has 0 spiro atoms. The molecular formula is C13H22N2O2. The molecule has 96 valence electrons. The highest BCUT2D eigenvalue weighted by Gasteiger charge is 2.28. The molecule has 0 radical (unpaired) electrons. The van der Waals surface area contributed by atoms with Gasteiger partial charge in [0, 0.05) is 12.7 Å². The molecule has 0 saturated heterocycles. The van der Waals surface area contributed by atoms with Gasteiger partial charge in [-0.3, -0.25) is 4.79 Å². The number of hydrogen-bond donors (Lipinski definition) is 2. The Kier molecular flexibility index (Phi) is 4.75. The van der Waals surface area contributed by atoms with Crippen LogP contribution in [0.5, 0.6) is 0 Å². The minimum absolute atomic E-state index is 0.0292. The Labute approximate surface area is 103 Å². The van der Waals surface area contributed by atoms with E-state index in [4.69, 9.17) is 0 Å². The number of aliphatic hydroxyl groups excluding tert-OH is 1. The zero-order valence-corrected chi connectivity index (χ0v) is 10.9. The quantitative estimate of drug-likeness (QED) is 0.794. The highest BCUT2D eigenvalue weighted by atomic mass is 16.3. The lowest BCUT2D eigenvalue weighted by atomic mass is 9.93. The number of nitrogens with zero attached hydrogens (tertiary/aromatic N) is 1. The number of amides is 1. The number of carbonyl (C=O) groups is 1. The van der Waals surface area contributed by atoms with E-state index in [1.165, 1.54) is 0 Å². The van der Waals surface area contributed by atoms with Gasteiger partial charge in [-0.15, -0.1) is 0 Å². The average molecular weight is 238 g/mol. The molecule has 1 amide bonds. The normalized spacial score (nSPS) is 11.5. The third-order valence-electron chi connectivity index (χ3n) is 3.44. The molecule has 0 aliphatic carbocycles. The lowest BCUT2D eigenvalue weighted by Gasteiger charge is -2.30. The van der Waals surface area contributed by atoms with Crippen LogP contribution < -0.4 is 5.32 Å². The zero-order valence-electron chi connectivity index (χ0n) is 10.9. The van der Waals surface area contributed by atoms with E-state index in [-0.39, 0.29) is 12.5 Å². The van der Waals surface area contributed by atoms with Gasteiger partial charge < -0.3 is 15.0 Å². The summed E-state index contributed by atoms with van der Waals surface area (Å²) in [6, 6.07) is 3.66. The van der Waals surface area contributed by atoms with E-state index in [2.05, 4.69) is 5.32 Å². The Bertz CT molecular complexity index is 359. The monoisotopic (exact) mass is 238 g/mol. The van der Waals surface area contributed by atoms with E-state index in [1.54, 1.807) is 6.07 Å². The molecule has 0 aliphatic rings. The number of rotatable bonds is 6. The van der Waals surface area contributed by atoms with Crippen molar-refractivity contribution in [3.63, 3.8) is 0 Å². The van der Waals surface area contributed by atoms with Crippen molar-refractivity contribution in [2.75, 3.05) is 6.61 Å². The standard InChI is InChI=1S/C13H22N2O2/c1-4-13(5-2,10-16)14-12(17)11-8-7-9-15(11)6-3/h7-9,16H,4-6,10H2,1-3H3,(H,14,17). The summed E-state index contributed by atoms with van der Waals surface area (Å²) in [6.07, 6.45) is 3.32. The Morgan fingerprint density at radius 1 is 1.41 bits per heavy atom. The Balaban J connectivity index is 2.84. The number of carbonyl (C=O) groups excluding carboxylic acids is 1. The van der Waals surface area contributed by atoms with Crippen LogP contribution in [0, 0.1) is 0 Å². The van der Waals surface area contributed by atoms with Crippen molar-refractivity contribution in [1.82, 2.24) is 9.88 Å². The molecule has 0 saturated carbocycles. The van der Waals surface area contributed by atoms with E-state index in [9.17, 15) is 9.90 Å². The second kappa shape index (κ2) is 5.87. The van der Waals surface area contributed by atoms with E-state index in [0.29, 0.717) is 5.69 Å². The smallest absolute Gasteiger partial charge is 0.268 e. The molecule has 4 nitrogen and oxygen atoms in total. The Morgan fingerprint density at radius 3 is 2.53 bits per heavy atom. The largest absolute Gasteiger partial charge is 0.394 e. The van der Waals surface area contributed by atoms with Crippen LogP contribution in [0.2, 0.25) is 0 Å². The molecule has 0 unspecified atom stereocenters. The van der Waals surface area contributed by atoms with Gasteiger partial charge in [0.1, 0.15) is 5.69 Å². The van der Waals surface area contributed by atoms with Crippen LogP contribution in [-0.4, -0.2) is 27.7 Å². The third-order valence-corrected chi connectivity index (χ3v) is 3.44. The predicted octanol–water partition coefficient (Wildman–Crippen LogP) is 1.79. The highest BCUT2D eigenvalue weighted by molar-refractivity contribution is 5.93. The van der Waals surface area contributed by atoms with Gasteiger partial charge in [0.05, 0.1) is 12.1 Å². The maximum atomic E-state index is 12.1. The summed E-state index contributed by atoms with van der Waals surface area (Å²) < 4.78 is 1.89. The first-order chi connectivity index (χ1) is 8.12. The second-order valence-electron chi connectivity index (χ2n) is 4.28. The van der Waals surface area contributed by atoms with Crippen LogP contribution in [0.3, 0.4) is 0 Å². The summed E-state index contributed by atoms with van der Waals surface area (Å²) in [7, 11) is 0. The fourth-order valence-electron chi connectivity index (χ4n) is 1.89. The van der Waals surface area contributed by atoms with Crippen molar-refractivity contribution in [2.24, 2.45) is 0 Å². The van der Waals surface area contributed by atoms with Gasteiger partial charge in [0.15, 0.2) is 0 Å². The van der Waals surface area contributed by atoms with E-state index in [1.807, 2.05) is 37.6 Å². The molecule has 0 atom stereocenters. The molecule has 17 heavy (non-hydrogen) atoms. The van der Waals surface area contributed by atoms with Gasteiger partial charge in [-0.1, -0.05) is 13.8 Å². The van der Waals surface area contributed by atoms with E-state index >= 15 is 0 Å². The molecule has 1 rings (SSSR count). The van der Waals surface area contributed by atoms with Gasteiger partial charge in [-0.2, -0.15) is 0 Å². The lowest BCUT2D eigenvalue weighted by molar-refractivity contribution is 0.0808. The summed E-state index contributed by atoms with van der Waals surface area (Å²) in [6.45, 7) is 6.67. The van der Waals surface area contributed by atoms with Crippen molar-refractivity contribution < 1.29 is 9.90 Å². The van der Waals surface area contributed by atoms with Crippen molar-refractivity contribution in [1.29, 1.82) is 0 Å². The third kappa shape index (κ3) is 2.88. The topological polar surface area (TPSA) is 54.3 Å². The number of aryl methyl sites for hydroxylation is 1. The van der Waals surface area contributed by atoms with Crippen LogP contribution in [0.1, 0.15) is 44.1 Å². The van der Waals surface area contributed by atoms with E-state index in [0.717, 1.165) is 19.4 Å². The maximum Gasteiger partial charge on any atom is 0.268 e. The molecule has 0 aromatic carbocycles. The molecule has 1 aromatic heterocycles. The summed E-state index contributed by atoms with van der Waals surface area (Å²) in [5.41, 5.74) is 0.146. The van der Waals surface area contributed by atoms with Crippen molar-refractivity contribution in [3.05, 3.63) is 24.0 Å². The van der Waals surface area contributed by atoms with Gasteiger partial charge in [-0.05, 0) is 31.9 Å². The first-order valence-electron chi connectivity index (χ1n) is 6.21. The van der Waals surface area contributed by atoms with Crippen LogP contribution in [-0.2, 0) is 6.54 Å². The summed E-state index contributed by atoms with van der Waals surface area (Å²) in [5.74, 6) is -0.116. The molecule has 1 heterocycles. The van der Waals surface area contributed by atoms with Gasteiger partial charge in [-0.25, -0.2) is 0 Å². The zero-order chi connectivity index (χ0) is 12.9. The van der Waals surface area contributed by atoms with Crippen molar-refractivity contribution >= 4 is 5.91 Å². The van der Waals surface area contributed by atoms with Crippen molar-refractivity contribution in [2.45, 2.75) is 45.7 Å². The van der Waals surface area contributed by atoms with Crippen molar-refractivity contribution in [3.8, 4) is 0 Å².